The van der Waals surface area contributed by atoms with Crippen molar-refractivity contribution in [2.75, 3.05) is 0 Å². The first-order chi connectivity index (χ1) is 19.0. The molecule has 4 aromatic heterocycles. The molecule has 0 saturated heterocycles. The Balaban J connectivity index is 1.44. The number of aryl methyl sites for hydroxylation is 1. The van der Waals surface area contributed by atoms with Gasteiger partial charge in [0.25, 0.3) is 5.56 Å². The van der Waals surface area contributed by atoms with E-state index in [4.69, 9.17) is 16.6 Å². The normalized spacial score (nSPS) is 12.2. The van der Waals surface area contributed by atoms with E-state index in [2.05, 4.69) is 19.7 Å². The van der Waals surface area contributed by atoms with Crippen LogP contribution in [-0.2, 0) is 17.9 Å². The number of halogens is 1. The van der Waals surface area contributed by atoms with E-state index in [-0.39, 0.29) is 12.1 Å². The highest BCUT2D eigenvalue weighted by Gasteiger charge is 2.17. The highest BCUT2D eigenvalue weighted by atomic mass is 35.5. The largest absolute Gasteiger partial charge is 0.593 e. The molecule has 0 fully saturated rings. The van der Waals surface area contributed by atoms with Gasteiger partial charge in [-0.3, -0.25) is 14.8 Å². The number of hydrogen-bond acceptors (Lipinski definition) is 6. The minimum Gasteiger partial charge on any atom is -0.593 e. The van der Waals surface area contributed by atoms with Crippen LogP contribution in [0.3, 0.4) is 0 Å². The van der Waals surface area contributed by atoms with Gasteiger partial charge in [0.2, 0.25) is 0 Å². The van der Waals surface area contributed by atoms with E-state index in [0.29, 0.717) is 21.1 Å². The summed E-state index contributed by atoms with van der Waals surface area (Å²) in [5.74, 6) is 0. The van der Waals surface area contributed by atoms with Gasteiger partial charge in [0.05, 0.1) is 40.3 Å². The first-order valence-corrected chi connectivity index (χ1v) is 13.7. The first kappa shape index (κ1) is 25.2. The van der Waals surface area contributed by atoms with Crippen molar-refractivity contribution in [1.29, 1.82) is 0 Å². The highest BCUT2D eigenvalue weighted by molar-refractivity contribution is 7.89. The Bertz CT molecular complexity index is 1880. The summed E-state index contributed by atoms with van der Waals surface area (Å²) in [7, 11) is 0. The predicted octanol–water partition coefficient (Wildman–Crippen LogP) is 5.97. The molecule has 0 radical (unpaired) electrons. The predicted molar refractivity (Wildman–Crippen MR) is 156 cm³/mol. The van der Waals surface area contributed by atoms with Crippen molar-refractivity contribution < 1.29 is 4.55 Å². The molecule has 2 N–H and O–H groups in total. The fraction of sp³-hybridized carbons (Fsp3) is 0.0667. The maximum atomic E-state index is 12.9. The Morgan fingerprint density at radius 1 is 0.949 bits per heavy atom. The van der Waals surface area contributed by atoms with Crippen LogP contribution < -0.4 is 10.3 Å². The molecule has 192 valence electrons. The summed E-state index contributed by atoms with van der Waals surface area (Å²) in [4.78, 5) is 29.9. The van der Waals surface area contributed by atoms with Crippen LogP contribution in [-0.4, -0.2) is 24.5 Å². The molecule has 2 aromatic carbocycles. The van der Waals surface area contributed by atoms with E-state index >= 15 is 0 Å². The van der Waals surface area contributed by atoms with Gasteiger partial charge in [-0.15, -0.1) is 4.72 Å². The third kappa shape index (κ3) is 5.15. The molecule has 1 atom stereocenters. The molecule has 7 nitrogen and oxygen atoms in total. The van der Waals surface area contributed by atoms with Crippen molar-refractivity contribution in [2.45, 2.75) is 18.4 Å². The summed E-state index contributed by atoms with van der Waals surface area (Å²) in [6, 6.07) is 24.9. The molecule has 9 heteroatoms. The molecule has 0 bridgehead atoms. The van der Waals surface area contributed by atoms with Crippen LogP contribution in [0.5, 0.6) is 0 Å². The number of benzene rings is 2. The van der Waals surface area contributed by atoms with Gasteiger partial charge in [-0.2, -0.15) is 0 Å². The maximum absolute atomic E-state index is 12.9. The Labute approximate surface area is 232 Å². The van der Waals surface area contributed by atoms with E-state index < -0.39 is 11.4 Å². The zero-order valence-corrected chi connectivity index (χ0v) is 22.4. The Morgan fingerprint density at radius 2 is 1.79 bits per heavy atom. The fourth-order valence-electron chi connectivity index (χ4n) is 4.44. The van der Waals surface area contributed by atoms with Gasteiger partial charge in [-0.1, -0.05) is 48.0 Å². The molecule has 0 aliphatic rings. The van der Waals surface area contributed by atoms with E-state index in [1.165, 1.54) is 0 Å². The monoisotopic (exact) mass is 551 g/mol. The summed E-state index contributed by atoms with van der Waals surface area (Å²) in [5.41, 5.74) is 5.54. The number of aromatic amines is 1. The lowest BCUT2D eigenvalue weighted by molar-refractivity contribution is 0.579. The van der Waals surface area contributed by atoms with Gasteiger partial charge < -0.3 is 9.54 Å². The van der Waals surface area contributed by atoms with Gasteiger partial charge in [0.1, 0.15) is 5.65 Å². The van der Waals surface area contributed by atoms with E-state index in [1.807, 2.05) is 67.6 Å². The van der Waals surface area contributed by atoms with E-state index in [0.717, 1.165) is 44.4 Å². The van der Waals surface area contributed by atoms with E-state index in [9.17, 15) is 9.35 Å². The molecular weight excluding hydrogens is 530 g/mol. The molecule has 0 spiro atoms. The van der Waals surface area contributed by atoms with Gasteiger partial charge in [-0.25, -0.2) is 4.98 Å². The Hall–Kier alpha value is -4.08. The number of pyridine rings is 4. The highest BCUT2D eigenvalue weighted by Crippen LogP contribution is 2.36. The number of H-pyrrole nitrogens is 1. The number of fused-ring (bicyclic) bond motifs is 2. The second-order valence-electron chi connectivity index (χ2n) is 9.07. The second kappa shape index (κ2) is 10.6. The average Bonchev–Trinajstić information content (AvgIpc) is 2.96. The second-order valence-corrected chi connectivity index (χ2v) is 10.8. The fourth-order valence-corrected chi connectivity index (χ4v) is 5.51. The summed E-state index contributed by atoms with van der Waals surface area (Å²) >= 11 is 5.12. The molecule has 4 heterocycles. The molecule has 0 saturated carbocycles. The molecular formula is C30H22ClN5O2S. The van der Waals surface area contributed by atoms with Gasteiger partial charge >= 0.3 is 0 Å². The number of nitrogens with one attached hydrogen (secondary N) is 2. The van der Waals surface area contributed by atoms with Crippen molar-refractivity contribution in [3.8, 4) is 22.4 Å². The average molecular weight is 552 g/mol. The van der Waals surface area contributed by atoms with E-state index in [1.54, 1.807) is 30.6 Å². The minimum absolute atomic E-state index is 0.106. The lowest BCUT2D eigenvalue weighted by atomic mass is 9.96. The topological polar surface area (TPSA) is 107 Å². The van der Waals surface area contributed by atoms with Crippen LogP contribution in [0, 0.1) is 6.92 Å². The Morgan fingerprint density at radius 3 is 2.59 bits per heavy atom. The maximum Gasteiger partial charge on any atom is 0.254 e. The van der Waals surface area contributed by atoms with Crippen LogP contribution in [0.4, 0.5) is 0 Å². The lowest BCUT2D eigenvalue weighted by Gasteiger charge is -2.14. The molecule has 39 heavy (non-hydrogen) atoms. The number of rotatable bonds is 6. The summed E-state index contributed by atoms with van der Waals surface area (Å²) in [5, 5.41) is 2.20. The van der Waals surface area contributed by atoms with Crippen molar-refractivity contribution in [1.82, 2.24) is 24.7 Å². The molecule has 0 aliphatic heterocycles. The van der Waals surface area contributed by atoms with Crippen LogP contribution in [0.25, 0.3) is 44.3 Å². The molecule has 1 unspecified atom stereocenters. The third-order valence-corrected chi connectivity index (χ3v) is 7.78. The third-order valence-electron chi connectivity index (χ3n) is 6.41. The number of nitrogens with zero attached hydrogens (tertiary/aromatic N) is 3. The molecule has 6 aromatic rings. The van der Waals surface area contributed by atoms with Crippen molar-refractivity contribution in [2.24, 2.45) is 0 Å². The van der Waals surface area contributed by atoms with Gasteiger partial charge in [-0.05, 0) is 55.0 Å². The van der Waals surface area contributed by atoms with Crippen molar-refractivity contribution in [3.63, 3.8) is 0 Å². The summed E-state index contributed by atoms with van der Waals surface area (Å²) in [6.45, 7) is 1.97. The molecule has 0 amide bonds. The lowest BCUT2D eigenvalue weighted by Crippen LogP contribution is -2.27. The summed E-state index contributed by atoms with van der Waals surface area (Å²) in [6.07, 6.45) is 3.28. The zero-order chi connectivity index (χ0) is 26.9. The van der Waals surface area contributed by atoms with Crippen LogP contribution in [0.2, 0.25) is 5.02 Å². The number of aromatic nitrogens is 4. The molecule has 0 aliphatic carbocycles. The SMILES string of the molecule is Cc1ccc([S+]([O-])NCc2cc3cc(-c4cc(Cl)c5ncccc5c4)c(-c4ccccc4)nc3[nH]c2=O)cn1. The smallest absolute Gasteiger partial charge is 0.254 e. The van der Waals surface area contributed by atoms with Crippen molar-refractivity contribution in [3.05, 3.63) is 118 Å². The zero-order valence-electron chi connectivity index (χ0n) is 20.8. The quantitative estimate of drug-likeness (QED) is 0.247. The van der Waals surface area contributed by atoms with Crippen molar-refractivity contribution >= 4 is 44.9 Å². The first-order valence-electron chi connectivity index (χ1n) is 12.2. The van der Waals surface area contributed by atoms with Crippen LogP contribution in [0.15, 0.2) is 101 Å². The van der Waals surface area contributed by atoms with Crippen LogP contribution >= 0.6 is 11.6 Å². The standard InChI is InChI=1S/C30H22ClN5O2S/c1-18-9-10-24(17-33-18)39(38)34-16-23-13-22-14-25(21-12-20-8-5-11-32-28(20)26(31)15-21)27(19-6-3-2-4-7-19)35-29(22)36-30(23)37/h2-15,17,34H,16H2,1H3,(H,35,36,37). The van der Waals surface area contributed by atoms with Gasteiger partial charge in [0.15, 0.2) is 4.90 Å². The summed E-state index contributed by atoms with van der Waals surface area (Å²) < 4.78 is 15.6. The minimum atomic E-state index is -1.51. The molecule has 6 rings (SSSR count). The number of hydrogen-bond donors (Lipinski definition) is 2. The van der Waals surface area contributed by atoms with Gasteiger partial charge in [0, 0.05) is 39.4 Å². The van der Waals surface area contributed by atoms with Crippen LogP contribution in [0.1, 0.15) is 11.3 Å². The Kier molecular flexibility index (Phi) is 6.85.